The molecule has 19 rings (SSSR count). The lowest BCUT2D eigenvalue weighted by Crippen LogP contribution is -2.61. The van der Waals surface area contributed by atoms with Gasteiger partial charge in [0.15, 0.2) is 0 Å². The summed E-state index contributed by atoms with van der Waals surface area (Å²) in [4.78, 5) is 2.84. The summed E-state index contributed by atoms with van der Waals surface area (Å²) in [6.45, 7) is 7.54. The molecule has 2 aromatic heterocycles. The topological polar surface area (TPSA) is 8.17 Å². The van der Waals surface area contributed by atoms with Crippen molar-refractivity contribution in [1.29, 1.82) is 0 Å². The van der Waals surface area contributed by atoms with E-state index in [0.717, 1.165) is 29.6 Å². The third-order valence-electron chi connectivity index (χ3n) is 22.0. The minimum Gasteiger partial charge on any atom is -0.376 e. The maximum atomic E-state index is 2.87. The van der Waals surface area contributed by atoms with Crippen LogP contribution in [0.1, 0.15) is 120 Å². The average Bonchev–Trinajstić information content (AvgIpc) is 4.16. The fourth-order valence-corrected chi connectivity index (χ4v) is 20.4. The minimum absolute atomic E-state index is 0.0367. The Bertz CT molecular complexity index is 4090. The van der Waals surface area contributed by atoms with Gasteiger partial charge in [-0.2, -0.15) is 0 Å². The van der Waals surface area contributed by atoms with Gasteiger partial charge in [-0.25, -0.2) is 0 Å². The quantitative estimate of drug-likeness (QED) is 0.156. The third-order valence-corrected chi connectivity index (χ3v) is 23.2. The van der Waals surface area contributed by atoms with Crippen LogP contribution in [0.3, 0.4) is 0 Å². The molecule has 10 aromatic rings. The number of fused-ring (bicyclic) bond motifs is 16. The van der Waals surface area contributed by atoms with Gasteiger partial charge in [0.2, 0.25) is 0 Å². The summed E-state index contributed by atoms with van der Waals surface area (Å²) in [6, 6.07) is 60.8. The number of benzene rings is 8. The average molecular weight is 987 g/mol. The van der Waals surface area contributed by atoms with Crippen LogP contribution in [0.2, 0.25) is 0 Å². The number of thiophene rings is 1. The molecule has 7 aliphatic carbocycles. The van der Waals surface area contributed by atoms with E-state index in [1.54, 1.807) is 11.1 Å². The van der Waals surface area contributed by atoms with Crippen molar-refractivity contribution < 1.29 is 0 Å². The van der Waals surface area contributed by atoms with Gasteiger partial charge in [0.1, 0.15) is 0 Å². The Hall–Kier alpha value is -6.36. The summed E-state index contributed by atoms with van der Waals surface area (Å²) in [5.74, 6) is 4.35. The van der Waals surface area contributed by atoms with E-state index in [2.05, 4.69) is 182 Å². The van der Waals surface area contributed by atoms with Crippen molar-refractivity contribution in [2.45, 2.75) is 114 Å². The molecule has 0 saturated heterocycles. The maximum absolute atomic E-state index is 2.87. The molecule has 2 aliphatic heterocycles. The number of rotatable bonds is 5. The molecule has 75 heavy (non-hydrogen) atoms. The van der Waals surface area contributed by atoms with Crippen LogP contribution in [0.4, 0.5) is 11.4 Å². The van der Waals surface area contributed by atoms with Crippen LogP contribution in [-0.2, 0) is 16.2 Å². The van der Waals surface area contributed by atoms with Gasteiger partial charge in [-0.15, -0.1) is 11.3 Å². The van der Waals surface area contributed by atoms with E-state index in [1.165, 1.54) is 192 Å². The number of hydrogen-bond donors (Lipinski definition) is 0. The Morgan fingerprint density at radius 1 is 0.547 bits per heavy atom. The van der Waals surface area contributed by atoms with Crippen LogP contribution in [0.5, 0.6) is 0 Å². The van der Waals surface area contributed by atoms with Gasteiger partial charge in [-0.3, -0.25) is 0 Å². The van der Waals surface area contributed by atoms with Gasteiger partial charge < -0.3 is 9.38 Å². The molecule has 8 aromatic carbocycles. The van der Waals surface area contributed by atoms with Crippen molar-refractivity contribution in [2.24, 2.45) is 29.6 Å². The van der Waals surface area contributed by atoms with Gasteiger partial charge in [-0.05, 0) is 220 Å². The molecule has 2 unspecified atom stereocenters. The van der Waals surface area contributed by atoms with Crippen LogP contribution < -0.4 is 15.7 Å². The molecule has 0 amide bonds. The van der Waals surface area contributed by atoms with Gasteiger partial charge >= 0.3 is 6.85 Å². The lowest BCUT2D eigenvalue weighted by Gasteiger charge is -2.57. The number of anilines is 2. The van der Waals surface area contributed by atoms with Gasteiger partial charge in [0, 0.05) is 59.0 Å². The molecule has 0 radical (unpaired) electrons. The van der Waals surface area contributed by atoms with Crippen molar-refractivity contribution in [2.75, 3.05) is 4.81 Å². The highest BCUT2D eigenvalue weighted by Crippen LogP contribution is 2.63. The van der Waals surface area contributed by atoms with Crippen molar-refractivity contribution in [3.8, 4) is 39.1 Å². The van der Waals surface area contributed by atoms with Gasteiger partial charge in [-0.1, -0.05) is 131 Å². The van der Waals surface area contributed by atoms with Crippen LogP contribution in [-0.4, -0.2) is 11.4 Å². The Morgan fingerprint density at radius 2 is 1.24 bits per heavy atom. The molecule has 2 atom stereocenters. The Labute approximate surface area is 445 Å². The Kier molecular flexibility index (Phi) is 8.43. The van der Waals surface area contributed by atoms with Crippen molar-refractivity contribution >= 4 is 82.5 Å². The molecule has 6 saturated carbocycles. The number of hydrogen-bond acceptors (Lipinski definition) is 2. The van der Waals surface area contributed by atoms with Crippen molar-refractivity contribution in [3.63, 3.8) is 0 Å². The predicted octanol–water partition coefficient (Wildman–Crippen LogP) is 17.7. The van der Waals surface area contributed by atoms with E-state index < -0.39 is 0 Å². The van der Waals surface area contributed by atoms with Crippen molar-refractivity contribution in [3.05, 3.63) is 174 Å². The molecule has 4 heterocycles. The largest absolute Gasteiger partial charge is 0.376 e. The molecule has 6 fully saturated rings. The minimum atomic E-state index is -0.218. The SMILES string of the molecule is CCC1(c2ccc3c(c2)c2cc(C45CC6CC(CC(C6)C4)C5)cc4c2n3-c2c3c(cc5c2C(C)(C)c2ccccc2-5)-c2cc5c(cc2N(c2ccc(-c6ccccc6)cc2)B34)sc2ccccc25)CC2CCC(C2)C1. The molecule has 9 aliphatic rings. The zero-order valence-corrected chi connectivity index (χ0v) is 44.5. The summed E-state index contributed by atoms with van der Waals surface area (Å²) in [7, 11) is 0. The van der Waals surface area contributed by atoms with Crippen LogP contribution in [0.25, 0.3) is 81.0 Å². The molecular formula is C71H63BN2S. The zero-order valence-electron chi connectivity index (χ0n) is 43.7. The first kappa shape index (κ1) is 42.8. The number of nitrogens with zero attached hydrogens (tertiary/aromatic N) is 2. The van der Waals surface area contributed by atoms with Crippen molar-refractivity contribution in [1.82, 2.24) is 4.57 Å². The highest BCUT2D eigenvalue weighted by molar-refractivity contribution is 7.25. The first-order chi connectivity index (χ1) is 36.7. The van der Waals surface area contributed by atoms with E-state index in [4.69, 9.17) is 0 Å². The standard InChI is InChI=1S/C71H63BN2S/c1-4-70(36-41-18-19-42(26-41)37-70)48-22-25-61-53(30-48)58-31-49(71-38-43-27-44(39-71)29-45(28-43)40-71)32-60-67(58)73(61)68-65-56(51-14-8-10-16-59(51)69(65,2)3)34-57-54-33-55-52-15-9-11-17-63(52)75-64(55)35-62(54)74(72(60)66(57)68)50-23-20-47(21-24-50)46-12-6-5-7-13-46/h5-17,20-25,30-35,41-45H,4,18-19,26-29,36-40H2,1-3H3. The lowest BCUT2D eigenvalue weighted by atomic mass is 9.42. The highest BCUT2D eigenvalue weighted by atomic mass is 32.1. The summed E-state index contributed by atoms with van der Waals surface area (Å²) in [5.41, 5.74) is 24.4. The smallest absolute Gasteiger partial charge is 0.333 e. The first-order valence-electron chi connectivity index (χ1n) is 29.1. The molecule has 0 spiro atoms. The molecule has 0 N–H and O–H groups in total. The highest BCUT2D eigenvalue weighted by Gasteiger charge is 2.54. The Morgan fingerprint density at radius 3 is 2.01 bits per heavy atom. The second-order valence-corrected chi connectivity index (χ2v) is 27.3. The van der Waals surface area contributed by atoms with E-state index in [-0.39, 0.29) is 23.1 Å². The van der Waals surface area contributed by atoms with Crippen LogP contribution >= 0.6 is 11.3 Å². The first-order valence-corrected chi connectivity index (χ1v) is 29.9. The molecule has 366 valence electrons. The summed E-state index contributed by atoms with van der Waals surface area (Å²) in [6.07, 6.45) is 16.7. The maximum Gasteiger partial charge on any atom is 0.333 e. The second kappa shape index (κ2) is 14.8. The normalized spacial score (nSPS) is 26.9. The summed E-state index contributed by atoms with van der Waals surface area (Å²) in [5, 5.41) is 5.72. The third kappa shape index (κ3) is 5.62. The second-order valence-electron chi connectivity index (χ2n) is 26.2. The molecule has 4 heteroatoms. The fourth-order valence-electron chi connectivity index (χ4n) is 19.3. The van der Waals surface area contributed by atoms with E-state index in [1.807, 2.05) is 11.3 Å². The molecule has 6 bridgehead atoms. The van der Waals surface area contributed by atoms with Crippen LogP contribution in [0.15, 0.2) is 152 Å². The van der Waals surface area contributed by atoms with Crippen LogP contribution in [0, 0.1) is 29.6 Å². The van der Waals surface area contributed by atoms with E-state index in [0.29, 0.717) is 0 Å². The Balaban J connectivity index is 0.993. The molecule has 2 nitrogen and oxygen atoms in total. The zero-order chi connectivity index (χ0) is 49.3. The summed E-state index contributed by atoms with van der Waals surface area (Å²) < 4.78 is 5.60. The number of aromatic nitrogens is 1. The van der Waals surface area contributed by atoms with Gasteiger partial charge in [0.25, 0.3) is 0 Å². The van der Waals surface area contributed by atoms with Gasteiger partial charge in [0.05, 0.1) is 11.0 Å². The monoisotopic (exact) mass is 986 g/mol. The fraction of sp³-hybridized carbons (Fsp3) is 0.324. The van der Waals surface area contributed by atoms with E-state index in [9.17, 15) is 0 Å². The lowest BCUT2D eigenvalue weighted by molar-refractivity contribution is -0.00509. The predicted molar refractivity (Wildman–Crippen MR) is 318 cm³/mol. The molecular weight excluding hydrogens is 924 g/mol. The van der Waals surface area contributed by atoms with E-state index >= 15 is 0 Å². The summed E-state index contributed by atoms with van der Waals surface area (Å²) >= 11 is 1.96.